The highest BCUT2D eigenvalue weighted by Gasteiger charge is 2.20. The van der Waals surface area contributed by atoms with Crippen molar-refractivity contribution in [3.05, 3.63) is 83.3 Å². The van der Waals surface area contributed by atoms with Crippen LogP contribution in [0.1, 0.15) is 40.3 Å². The second-order valence-electron chi connectivity index (χ2n) is 7.62. The molecule has 1 atom stereocenters. The van der Waals surface area contributed by atoms with Gasteiger partial charge in [0, 0.05) is 24.3 Å². The molecule has 0 aliphatic carbocycles. The number of rotatable bonds is 5. The van der Waals surface area contributed by atoms with E-state index in [1.807, 2.05) is 39.0 Å². The summed E-state index contributed by atoms with van der Waals surface area (Å²) in [7, 11) is -2.11. The van der Waals surface area contributed by atoms with E-state index in [1.54, 1.807) is 54.3 Å². The summed E-state index contributed by atoms with van der Waals surface area (Å²) in [5.74, 6) is -0.233. The van der Waals surface area contributed by atoms with Crippen molar-refractivity contribution in [3.8, 4) is 0 Å². The molecule has 1 N–H and O–H groups in total. The van der Waals surface area contributed by atoms with Crippen LogP contribution in [0.5, 0.6) is 0 Å². The van der Waals surface area contributed by atoms with Gasteiger partial charge in [0.25, 0.3) is 15.9 Å². The molecule has 2 aromatic heterocycles. The molecule has 0 spiro atoms. The summed E-state index contributed by atoms with van der Waals surface area (Å²) in [6, 6.07) is 15.9. The van der Waals surface area contributed by atoms with Crippen LogP contribution in [0.3, 0.4) is 0 Å². The fourth-order valence-corrected chi connectivity index (χ4v) is 5.04. The van der Waals surface area contributed by atoms with E-state index in [0.717, 1.165) is 22.2 Å². The predicted molar refractivity (Wildman–Crippen MR) is 120 cm³/mol. The highest BCUT2D eigenvalue weighted by molar-refractivity contribution is 7.90. The molecular weight excluding hydrogens is 412 g/mol. The maximum atomic E-state index is 13.1. The van der Waals surface area contributed by atoms with Crippen LogP contribution in [0.25, 0.3) is 10.9 Å². The number of carbonyl (C=O) groups is 1. The van der Waals surface area contributed by atoms with Crippen LogP contribution < -0.4 is 5.32 Å². The minimum absolute atomic E-state index is 0.125. The molecule has 2 heterocycles. The molecule has 4 aromatic rings. The summed E-state index contributed by atoms with van der Waals surface area (Å²) in [5, 5.41) is 7.83. The summed E-state index contributed by atoms with van der Waals surface area (Å²) in [4.78, 5) is 12.2. The van der Waals surface area contributed by atoms with Gasteiger partial charge in [0.2, 0.25) is 0 Å². The Hall–Kier alpha value is -3.39. The van der Waals surface area contributed by atoms with Crippen LogP contribution >= 0.6 is 0 Å². The Morgan fingerprint density at radius 3 is 2.42 bits per heavy atom. The summed E-state index contributed by atoms with van der Waals surface area (Å²) in [5.41, 5.74) is 3.81. The van der Waals surface area contributed by atoms with Gasteiger partial charge in [-0.1, -0.05) is 23.8 Å². The Labute approximate surface area is 181 Å². The first-order chi connectivity index (χ1) is 14.7. The smallest absolute Gasteiger partial charge is 0.271 e. The van der Waals surface area contributed by atoms with E-state index < -0.39 is 10.0 Å². The molecule has 1 amide bonds. The Bertz CT molecular complexity index is 1380. The number of nitrogens with zero attached hydrogens (tertiary/aromatic N) is 3. The molecule has 0 aliphatic rings. The second kappa shape index (κ2) is 7.70. The van der Waals surface area contributed by atoms with Gasteiger partial charge >= 0.3 is 0 Å². The summed E-state index contributed by atoms with van der Waals surface area (Å²) < 4.78 is 29.3. The third kappa shape index (κ3) is 3.63. The average Bonchev–Trinajstić information content (AvgIpc) is 3.36. The van der Waals surface area contributed by atoms with Crippen LogP contribution in [-0.4, -0.2) is 35.1 Å². The van der Waals surface area contributed by atoms with E-state index >= 15 is 0 Å². The SMILES string of the molecule is CNC(=O)c1cc(C)n(C(C)c2ccc3c(ccn3S(=O)(=O)c3ccc(C)cc3)c2)n1. The second-order valence-corrected chi connectivity index (χ2v) is 9.43. The zero-order valence-electron chi connectivity index (χ0n) is 17.8. The molecule has 4 rings (SSSR count). The first-order valence-corrected chi connectivity index (χ1v) is 11.4. The molecule has 2 aromatic carbocycles. The maximum Gasteiger partial charge on any atom is 0.271 e. The van der Waals surface area contributed by atoms with Gasteiger partial charge in [-0.25, -0.2) is 12.4 Å². The third-order valence-electron chi connectivity index (χ3n) is 5.49. The number of amides is 1. The van der Waals surface area contributed by atoms with Crippen molar-refractivity contribution >= 4 is 26.8 Å². The molecule has 31 heavy (non-hydrogen) atoms. The summed E-state index contributed by atoms with van der Waals surface area (Å²) in [6.07, 6.45) is 1.58. The van der Waals surface area contributed by atoms with E-state index in [9.17, 15) is 13.2 Å². The number of hydrogen-bond acceptors (Lipinski definition) is 4. The number of hydrogen-bond donors (Lipinski definition) is 1. The van der Waals surface area contributed by atoms with Gasteiger partial charge < -0.3 is 5.32 Å². The normalized spacial score (nSPS) is 12.8. The fourth-order valence-electron chi connectivity index (χ4n) is 3.69. The molecule has 1 unspecified atom stereocenters. The van der Waals surface area contributed by atoms with Crippen LogP contribution in [-0.2, 0) is 10.0 Å². The lowest BCUT2D eigenvalue weighted by molar-refractivity contribution is 0.0957. The zero-order valence-corrected chi connectivity index (χ0v) is 18.6. The van der Waals surface area contributed by atoms with Crippen molar-refractivity contribution in [3.63, 3.8) is 0 Å². The van der Waals surface area contributed by atoms with Crippen LogP contribution in [0.15, 0.2) is 65.7 Å². The van der Waals surface area contributed by atoms with Gasteiger partial charge in [0.15, 0.2) is 0 Å². The van der Waals surface area contributed by atoms with Gasteiger partial charge in [-0.2, -0.15) is 5.10 Å². The van der Waals surface area contributed by atoms with Gasteiger partial charge in [-0.15, -0.1) is 0 Å². The third-order valence-corrected chi connectivity index (χ3v) is 7.19. The number of nitrogens with one attached hydrogen (secondary N) is 1. The quantitative estimate of drug-likeness (QED) is 0.517. The monoisotopic (exact) mass is 436 g/mol. The van der Waals surface area contributed by atoms with Crippen LogP contribution in [0.4, 0.5) is 0 Å². The molecule has 0 saturated heterocycles. The number of carbonyl (C=O) groups excluding carboxylic acids is 1. The number of fused-ring (bicyclic) bond motifs is 1. The minimum atomic E-state index is -3.69. The molecule has 0 fully saturated rings. The Morgan fingerprint density at radius 1 is 1.03 bits per heavy atom. The predicted octanol–water partition coefficient (Wildman–Crippen LogP) is 3.66. The fraction of sp³-hybridized carbons (Fsp3) is 0.217. The van der Waals surface area contributed by atoms with Crippen molar-refractivity contribution in [2.75, 3.05) is 7.05 Å². The molecule has 0 aliphatic heterocycles. The standard InChI is InChI=1S/C23H24N4O3S/c1-15-5-8-20(9-6-15)31(29,30)26-12-11-19-14-18(7-10-22(19)26)17(3)27-16(2)13-21(25-27)23(28)24-4/h5-14,17H,1-4H3,(H,24,28). The van der Waals surface area contributed by atoms with Gasteiger partial charge in [0.1, 0.15) is 5.69 Å². The summed E-state index contributed by atoms with van der Waals surface area (Å²) in [6.45, 7) is 5.82. The van der Waals surface area contributed by atoms with Gasteiger partial charge in [0.05, 0.1) is 16.5 Å². The van der Waals surface area contributed by atoms with Crippen molar-refractivity contribution in [2.24, 2.45) is 0 Å². The van der Waals surface area contributed by atoms with E-state index in [4.69, 9.17) is 0 Å². The topological polar surface area (TPSA) is 86.0 Å². The van der Waals surface area contributed by atoms with Crippen molar-refractivity contribution in [2.45, 2.75) is 31.7 Å². The molecule has 0 radical (unpaired) electrons. The molecule has 7 nitrogen and oxygen atoms in total. The van der Waals surface area contributed by atoms with E-state index in [1.165, 1.54) is 3.97 Å². The number of benzene rings is 2. The number of aromatic nitrogens is 3. The van der Waals surface area contributed by atoms with Crippen molar-refractivity contribution in [1.82, 2.24) is 19.1 Å². The molecule has 8 heteroatoms. The van der Waals surface area contributed by atoms with Crippen LogP contribution in [0.2, 0.25) is 0 Å². The van der Waals surface area contributed by atoms with Gasteiger partial charge in [-0.05, 0) is 62.7 Å². The van der Waals surface area contributed by atoms with E-state index in [2.05, 4.69) is 10.4 Å². The lowest BCUT2D eigenvalue weighted by Gasteiger charge is -2.15. The number of aryl methyl sites for hydroxylation is 2. The first-order valence-electron chi connectivity index (χ1n) is 9.94. The first kappa shape index (κ1) is 20.9. The Balaban J connectivity index is 1.72. The lowest BCUT2D eigenvalue weighted by atomic mass is 10.1. The summed E-state index contributed by atoms with van der Waals surface area (Å²) >= 11 is 0. The largest absolute Gasteiger partial charge is 0.354 e. The van der Waals surface area contributed by atoms with Crippen molar-refractivity contribution in [1.29, 1.82) is 0 Å². The molecule has 0 bridgehead atoms. The Kier molecular flexibility index (Phi) is 5.18. The molecule has 0 saturated carbocycles. The molecule has 160 valence electrons. The lowest BCUT2D eigenvalue weighted by Crippen LogP contribution is -2.19. The van der Waals surface area contributed by atoms with E-state index in [0.29, 0.717) is 11.2 Å². The van der Waals surface area contributed by atoms with Crippen molar-refractivity contribution < 1.29 is 13.2 Å². The zero-order chi connectivity index (χ0) is 22.3. The Morgan fingerprint density at radius 2 is 1.74 bits per heavy atom. The molecular formula is C23H24N4O3S. The van der Waals surface area contributed by atoms with E-state index in [-0.39, 0.29) is 16.8 Å². The maximum absolute atomic E-state index is 13.1. The minimum Gasteiger partial charge on any atom is -0.354 e. The highest BCUT2D eigenvalue weighted by Crippen LogP contribution is 2.27. The van der Waals surface area contributed by atoms with Gasteiger partial charge in [-0.3, -0.25) is 9.48 Å². The van der Waals surface area contributed by atoms with Crippen LogP contribution in [0, 0.1) is 13.8 Å². The highest BCUT2D eigenvalue weighted by atomic mass is 32.2. The average molecular weight is 437 g/mol.